The van der Waals surface area contributed by atoms with E-state index < -0.39 is 0 Å². The fourth-order valence-corrected chi connectivity index (χ4v) is 0.814. The zero-order valence-corrected chi connectivity index (χ0v) is 8.80. The van der Waals surface area contributed by atoms with Crippen LogP contribution in [0.1, 0.15) is 20.3 Å². The van der Waals surface area contributed by atoms with Crippen LogP contribution in [0.25, 0.3) is 0 Å². The minimum atomic E-state index is -0.0263. The van der Waals surface area contributed by atoms with Gasteiger partial charge in [0, 0.05) is 26.7 Å². The number of amides is 2. The van der Waals surface area contributed by atoms with E-state index in [0.717, 1.165) is 13.0 Å². The van der Waals surface area contributed by atoms with Crippen molar-refractivity contribution >= 4 is 6.03 Å². The second-order valence-electron chi connectivity index (χ2n) is 2.85. The van der Waals surface area contributed by atoms with Gasteiger partial charge in [-0.15, -0.1) is 0 Å². The molecule has 1 N–H and O–H groups in total. The summed E-state index contributed by atoms with van der Waals surface area (Å²) < 4.78 is 5.14. The van der Waals surface area contributed by atoms with Crippen LogP contribution < -0.4 is 5.32 Å². The van der Waals surface area contributed by atoms with E-state index in [4.69, 9.17) is 4.74 Å². The summed E-state index contributed by atoms with van der Waals surface area (Å²) in [6, 6.07) is -0.0263. The molecular formula is C9H20N2O2. The average Bonchev–Trinajstić information content (AvgIpc) is 2.14. The quantitative estimate of drug-likeness (QED) is 0.634. The van der Waals surface area contributed by atoms with Gasteiger partial charge in [0.25, 0.3) is 0 Å². The molecule has 0 rings (SSSR count). The molecule has 0 heterocycles. The Bertz CT molecular complexity index is 140. The molecule has 0 spiro atoms. The fourth-order valence-electron chi connectivity index (χ4n) is 0.814. The Morgan fingerprint density at radius 3 is 2.69 bits per heavy atom. The van der Waals surface area contributed by atoms with Gasteiger partial charge < -0.3 is 15.0 Å². The SMILES string of the molecule is CCCNC(=O)N(C)CCOCC. The van der Waals surface area contributed by atoms with Crippen LogP contribution in [0.3, 0.4) is 0 Å². The first-order valence-electron chi connectivity index (χ1n) is 4.79. The predicted molar refractivity (Wildman–Crippen MR) is 52.8 cm³/mol. The number of nitrogens with one attached hydrogen (secondary N) is 1. The highest BCUT2D eigenvalue weighted by Crippen LogP contribution is 1.85. The van der Waals surface area contributed by atoms with Crippen molar-refractivity contribution in [1.29, 1.82) is 0 Å². The van der Waals surface area contributed by atoms with Gasteiger partial charge in [-0.05, 0) is 13.3 Å². The highest BCUT2D eigenvalue weighted by Gasteiger charge is 2.05. The molecule has 0 aliphatic rings. The third-order valence-corrected chi connectivity index (χ3v) is 1.65. The highest BCUT2D eigenvalue weighted by atomic mass is 16.5. The smallest absolute Gasteiger partial charge is 0.317 e. The lowest BCUT2D eigenvalue weighted by atomic mass is 10.5. The van der Waals surface area contributed by atoms with Crippen molar-refractivity contribution in [2.24, 2.45) is 0 Å². The van der Waals surface area contributed by atoms with Crippen LogP contribution in [-0.4, -0.2) is 44.3 Å². The summed E-state index contributed by atoms with van der Waals surface area (Å²) in [5.74, 6) is 0. The summed E-state index contributed by atoms with van der Waals surface area (Å²) >= 11 is 0. The zero-order valence-electron chi connectivity index (χ0n) is 8.80. The van der Waals surface area contributed by atoms with Gasteiger partial charge in [0.2, 0.25) is 0 Å². The molecule has 0 aromatic rings. The van der Waals surface area contributed by atoms with Crippen LogP contribution >= 0.6 is 0 Å². The maximum absolute atomic E-state index is 11.3. The van der Waals surface area contributed by atoms with E-state index >= 15 is 0 Å². The Morgan fingerprint density at radius 2 is 2.15 bits per heavy atom. The Hall–Kier alpha value is -0.770. The Kier molecular flexibility index (Phi) is 7.39. The Morgan fingerprint density at radius 1 is 1.46 bits per heavy atom. The Balaban J connectivity index is 3.45. The second kappa shape index (κ2) is 7.86. The van der Waals surface area contributed by atoms with E-state index in [0.29, 0.717) is 19.8 Å². The third kappa shape index (κ3) is 6.40. The first-order chi connectivity index (χ1) is 6.22. The van der Waals surface area contributed by atoms with Crippen molar-refractivity contribution in [3.05, 3.63) is 0 Å². The molecule has 0 radical (unpaired) electrons. The van der Waals surface area contributed by atoms with Crippen LogP contribution in [0.2, 0.25) is 0 Å². The first-order valence-corrected chi connectivity index (χ1v) is 4.79. The van der Waals surface area contributed by atoms with E-state index in [1.165, 1.54) is 0 Å². The van der Waals surface area contributed by atoms with Gasteiger partial charge in [-0.3, -0.25) is 0 Å². The minimum Gasteiger partial charge on any atom is -0.380 e. The molecule has 4 nitrogen and oxygen atoms in total. The van der Waals surface area contributed by atoms with E-state index in [1.54, 1.807) is 11.9 Å². The molecule has 0 fully saturated rings. The largest absolute Gasteiger partial charge is 0.380 e. The van der Waals surface area contributed by atoms with Crippen molar-refractivity contribution in [3.63, 3.8) is 0 Å². The lowest BCUT2D eigenvalue weighted by molar-refractivity contribution is 0.126. The van der Waals surface area contributed by atoms with E-state index in [1.807, 2.05) is 13.8 Å². The molecule has 0 bridgehead atoms. The molecule has 4 heteroatoms. The van der Waals surface area contributed by atoms with Crippen molar-refractivity contribution in [1.82, 2.24) is 10.2 Å². The molecule has 0 atom stereocenters. The average molecular weight is 188 g/mol. The molecule has 0 aromatic carbocycles. The van der Waals surface area contributed by atoms with E-state index in [9.17, 15) is 4.79 Å². The van der Waals surface area contributed by atoms with Gasteiger partial charge in [-0.25, -0.2) is 4.79 Å². The standard InChI is InChI=1S/C9H20N2O2/c1-4-6-10-9(12)11(3)7-8-13-5-2/h4-8H2,1-3H3,(H,10,12). The van der Waals surface area contributed by atoms with Gasteiger partial charge in [-0.1, -0.05) is 6.92 Å². The molecule has 0 unspecified atom stereocenters. The van der Waals surface area contributed by atoms with Crippen LogP contribution in [0.4, 0.5) is 4.79 Å². The number of carbonyl (C=O) groups is 1. The van der Waals surface area contributed by atoms with Gasteiger partial charge in [0.1, 0.15) is 0 Å². The monoisotopic (exact) mass is 188 g/mol. The van der Waals surface area contributed by atoms with Gasteiger partial charge in [0.15, 0.2) is 0 Å². The maximum atomic E-state index is 11.3. The zero-order chi connectivity index (χ0) is 10.1. The van der Waals surface area contributed by atoms with E-state index in [-0.39, 0.29) is 6.03 Å². The summed E-state index contributed by atoms with van der Waals surface area (Å²) in [5.41, 5.74) is 0. The van der Waals surface area contributed by atoms with Crippen molar-refractivity contribution < 1.29 is 9.53 Å². The normalized spacial score (nSPS) is 9.77. The molecule has 0 saturated heterocycles. The molecule has 0 saturated carbocycles. The molecule has 0 aliphatic carbocycles. The number of rotatable bonds is 6. The molecular weight excluding hydrogens is 168 g/mol. The first kappa shape index (κ1) is 12.2. The van der Waals surface area contributed by atoms with Gasteiger partial charge in [-0.2, -0.15) is 0 Å². The lowest BCUT2D eigenvalue weighted by Gasteiger charge is -2.17. The van der Waals surface area contributed by atoms with Gasteiger partial charge >= 0.3 is 6.03 Å². The summed E-state index contributed by atoms with van der Waals surface area (Å²) in [7, 11) is 1.77. The second-order valence-corrected chi connectivity index (χ2v) is 2.85. The highest BCUT2D eigenvalue weighted by molar-refractivity contribution is 5.73. The molecule has 78 valence electrons. The van der Waals surface area contributed by atoms with Crippen LogP contribution in [0, 0.1) is 0 Å². The summed E-state index contributed by atoms with van der Waals surface area (Å²) in [5, 5.41) is 2.79. The molecule has 2 amide bonds. The summed E-state index contributed by atoms with van der Waals surface area (Å²) in [4.78, 5) is 12.9. The number of carbonyl (C=O) groups excluding carboxylic acids is 1. The lowest BCUT2D eigenvalue weighted by Crippen LogP contribution is -2.39. The number of hydrogen-bond acceptors (Lipinski definition) is 2. The third-order valence-electron chi connectivity index (χ3n) is 1.65. The Labute approximate surface area is 80.2 Å². The maximum Gasteiger partial charge on any atom is 0.317 e. The predicted octanol–water partition coefficient (Wildman–Crippen LogP) is 1.07. The van der Waals surface area contributed by atoms with E-state index in [2.05, 4.69) is 5.32 Å². The van der Waals surface area contributed by atoms with Crippen molar-refractivity contribution in [3.8, 4) is 0 Å². The molecule has 0 aliphatic heterocycles. The number of urea groups is 1. The summed E-state index contributed by atoms with van der Waals surface area (Å²) in [6.07, 6.45) is 0.963. The number of ether oxygens (including phenoxy) is 1. The fraction of sp³-hybridized carbons (Fsp3) is 0.889. The van der Waals surface area contributed by atoms with Gasteiger partial charge in [0.05, 0.1) is 6.61 Å². The molecule has 0 aromatic heterocycles. The van der Waals surface area contributed by atoms with Crippen LogP contribution in [0.5, 0.6) is 0 Å². The van der Waals surface area contributed by atoms with Crippen LogP contribution in [0.15, 0.2) is 0 Å². The van der Waals surface area contributed by atoms with Crippen LogP contribution in [-0.2, 0) is 4.74 Å². The summed E-state index contributed by atoms with van der Waals surface area (Å²) in [6.45, 7) is 6.65. The van der Waals surface area contributed by atoms with Crippen molar-refractivity contribution in [2.45, 2.75) is 20.3 Å². The van der Waals surface area contributed by atoms with Crippen molar-refractivity contribution in [2.75, 3.05) is 33.4 Å². The number of hydrogen-bond donors (Lipinski definition) is 1. The minimum absolute atomic E-state index is 0.0263. The number of likely N-dealkylation sites (N-methyl/N-ethyl adjacent to an activating group) is 1. The topological polar surface area (TPSA) is 41.6 Å². The number of nitrogens with zero attached hydrogens (tertiary/aromatic N) is 1. The molecule has 13 heavy (non-hydrogen) atoms.